The highest BCUT2D eigenvalue weighted by Gasteiger charge is 2.19. The highest BCUT2D eigenvalue weighted by Crippen LogP contribution is 2.22. The molecule has 0 aliphatic carbocycles. The molecule has 30 heavy (non-hydrogen) atoms. The van der Waals surface area contributed by atoms with Gasteiger partial charge in [0, 0.05) is 20.1 Å². The van der Waals surface area contributed by atoms with Crippen LogP contribution in [0, 0.1) is 12.8 Å². The average Bonchev–Trinajstić information content (AvgIpc) is 2.72. The molecule has 3 rings (SSSR count). The van der Waals surface area contributed by atoms with E-state index in [1.54, 1.807) is 6.92 Å². The third-order valence-electron chi connectivity index (χ3n) is 4.48. The van der Waals surface area contributed by atoms with Crippen LogP contribution in [-0.4, -0.2) is 30.8 Å². The van der Waals surface area contributed by atoms with Gasteiger partial charge in [-0.25, -0.2) is 14.8 Å². The summed E-state index contributed by atoms with van der Waals surface area (Å²) in [7, 11) is 1.45. The number of fused-ring (bicyclic) bond motifs is 1. The first-order valence-corrected chi connectivity index (χ1v) is 10.7. The Kier molecular flexibility index (Phi) is 6.71. The van der Waals surface area contributed by atoms with Crippen molar-refractivity contribution in [3.63, 3.8) is 0 Å². The molecule has 0 unspecified atom stereocenters. The van der Waals surface area contributed by atoms with E-state index >= 15 is 0 Å². The van der Waals surface area contributed by atoms with Crippen molar-refractivity contribution in [3.8, 4) is 0 Å². The number of rotatable bonds is 7. The maximum atomic E-state index is 12.8. The number of hydrogen-bond acceptors (Lipinski definition) is 6. The van der Waals surface area contributed by atoms with Gasteiger partial charge in [-0.05, 0) is 18.4 Å². The Labute approximate surface area is 178 Å². The van der Waals surface area contributed by atoms with E-state index < -0.39 is 11.2 Å². The summed E-state index contributed by atoms with van der Waals surface area (Å²) in [5, 5.41) is 3.54. The number of aromatic nitrogens is 4. The van der Waals surface area contributed by atoms with Gasteiger partial charge in [-0.1, -0.05) is 55.9 Å². The predicted octanol–water partition coefficient (Wildman–Crippen LogP) is 1.86. The van der Waals surface area contributed by atoms with Crippen molar-refractivity contribution in [2.75, 3.05) is 5.75 Å². The molecule has 0 spiro atoms. The maximum Gasteiger partial charge on any atom is 0.332 e. The second kappa shape index (κ2) is 9.25. The Morgan fingerprint density at radius 2 is 1.87 bits per heavy atom. The molecule has 8 nitrogen and oxygen atoms in total. The SMILES string of the molecule is Cc1nc(SCC(=O)NCc2ccccc2)c2c(=O)n(C)c(=O)n(CC(C)C)c2n1. The molecule has 1 N–H and O–H groups in total. The van der Waals surface area contributed by atoms with Crippen molar-refractivity contribution in [2.24, 2.45) is 13.0 Å². The van der Waals surface area contributed by atoms with Crippen molar-refractivity contribution in [1.29, 1.82) is 0 Å². The summed E-state index contributed by atoms with van der Waals surface area (Å²) in [5.74, 6) is 0.573. The Hall–Kier alpha value is -2.94. The topological polar surface area (TPSA) is 98.9 Å². The molecular weight excluding hydrogens is 402 g/mol. The molecule has 9 heteroatoms. The van der Waals surface area contributed by atoms with Crippen molar-refractivity contribution in [3.05, 3.63) is 62.6 Å². The largest absolute Gasteiger partial charge is 0.351 e. The van der Waals surface area contributed by atoms with Crippen LogP contribution in [0.25, 0.3) is 11.0 Å². The maximum absolute atomic E-state index is 12.8. The van der Waals surface area contributed by atoms with E-state index in [0.717, 1.165) is 10.1 Å². The predicted molar refractivity (Wildman–Crippen MR) is 118 cm³/mol. The minimum Gasteiger partial charge on any atom is -0.351 e. The van der Waals surface area contributed by atoms with Gasteiger partial charge in [0.1, 0.15) is 16.2 Å². The van der Waals surface area contributed by atoms with Crippen LogP contribution in [0.3, 0.4) is 0 Å². The van der Waals surface area contributed by atoms with Crippen LogP contribution in [0.1, 0.15) is 25.2 Å². The minimum atomic E-state index is -0.456. The van der Waals surface area contributed by atoms with E-state index in [1.807, 2.05) is 44.2 Å². The molecule has 0 aliphatic heterocycles. The highest BCUT2D eigenvalue weighted by molar-refractivity contribution is 8.00. The molecule has 0 aliphatic rings. The number of benzene rings is 1. The lowest BCUT2D eigenvalue weighted by molar-refractivity contribution is -0.118. The first-order valence-electron chi connectivity index (χ1n) is 9.69. The number of amides is 1. The van der Waals surface area contributed by atoms with Gasteiger partial charge in [-0.3, -0.25) is 18.7 Å². The van der Waals surface area contributed by atoms with Crippen LogP contribution >= 0.6 is 11.8 Å². The molecule has 158 valence electrons. The lowest BCUT2D eigenvalue weighted by Crippen LogP contribution is -2.39. The van der Waals surface area contributed by atoms with Gasteiger partial charge in [-0.2, -0.15) is 0 Å². The zero-order valence-corrected chi connectivity index (χ0v) is 18.3. The van der Waals surface area contributed by atoms with Gasteiger partial charge >= 0.3 is 5.69 Å². The number of nitrogens with zero attached hydrogens (tertiary/aromatic N) is 4. The molecule has 0 fully saturated rings. The zero-order valence-electron chi connectivity index (χ0n) is 17.5. The van der Waals surface area contributed by atoms with E-state index in [9.17, 15) is 14.4 Å². The van der Waals surface area contributed by atoms with Crippen LogP contribution in [0.4, 0.5) is 0 Å². The fourth-order valence-electron chi connectivity index (χ4n) is 3.06. The van der Waals surface area contributed by atoms with E-state index in [4.69, 9.17) is 0 Å². The third kappa shape index (κ3) is 4.79. The van der Waals surface area contributed by atoms with E-state index in [1.165, 1.54) is 23.4 Å². The highest BCUT2D eigenvalue weighted by atomic mass is 32.2. The van der Waals surface area contributed by atoms with Gasteiger partial charge in [0.25, 0.3) is 5.56 Å². The number of thioether (sulfide) groups is 1. The van der Waals surface area contributed by atoms with Crippen molar-refractivity contribution in [1.82, 2.24) is 24.4 Å². The molecule has 2 aromatic heterocycles. The van der Waals surface area contributed by atoms with E-state index in [0.29, 0.717) is 29.6 Å². The fraction of sp³-hybridized carbons (Fsp3) is 0.381. The Balaban J connectivity index is 1.90. The Morgan fingerprint density at radius 3 is 2.53 bits per heavy atom. The number of carbonyl (C=O) groups is 1. The second-order valence-corrected chi connectivity index (χ2v) is 8.44. The first-order chi connectivity index (χ1) is 14.3. The lowest BCUT2D eigenvalue weighted by Gasteiger charge is -2.15. The van der Waals surface area contributed by atoms with Gasteiger partial charge in [0.15, 0.2) is 5.65 Å². The molecule has 0 saturated carbocycles. The van der Waals surface area contributed by atoms with E-state index in [2.05, 4.69) is 15.3 Å². The van der Waals surface area contributed by atoms with Crippen LogP contribution < -0.4 is 16.6 Å². The number of hydrogen-bond donors (Lipinski definition) is 1. The molecule has 2 heterocycles. The summed E-state index contributed by atoms with van der Waals surface area (Å²) in [6, 6.07) is 9.62. The minimum absolute atomic E-state index is 0.102. The van der Waals surface area contributed by atoms with Gasteiger partial charge in [0.2, 0.25) is 5.91 Å². The molecule has 1 aromatic carbocycles. The van der Waals surface area contributed by atoms with Crippen LogP contribution in [0.2, 0.25) is 0 Å². The Morgan fingerprint density at radius 1 is 1.17 bits per heavy atom. The van der Waals surface area contributed by atoms with Gasteiger partial charge in [-0.15, -0.1) is 0 Å². The molecule has 0 bridgehead atoms. The van der Waals surface area contributed by atoms with Crippen LogP contribution in [0.15, 0.2) is 44.9 Å². The standard InChI is InChI=1S/C21H25N5O3S/c1-13(2)11-26-18-17(20(28)25(4)21(26)29)19(24-14(3)23-18)30-12-16(27)22-10-15-8-6-5-7-9-15/h5-9,13H,10-12H2,1-4H3,(H,22,27). The summed E-state index contributed by atoms with van der Waals surface area (Å²) >= 11 is 1.17. The smallest absolute Gasteiger partial charge is 0.332 e. The zero-order chi connectivity index (χ0) is 21.8. The quantitative estimate of drug-likeness (QED) is 0.456. The van der Waals surface area contributed by atoms with Gasteiger partial charge in [0.05, 0.1) is 5.75 Å². The average molecular weight is 428 g/mol. The number of nitrogens with one attached hydrogen (secondary N) is 1. The van der Waals surface area contributed by atoms with Crippen molar-refractivity contribution in [2.45, 2.75) is 38.9 Å². The summed E-state index contributed by atoms with van der Waals surface area (Å²) in [5.41, 5.74) is 0.459. The summed E-state index contributed by atoms with van der Waals surface area (Å²) in [4.78, 5) is 46.6. The summed E-state index contributed by atoms with van der Waals surface area (Å²) < 4.78 is 2.58. The van der Waals surface area contributed by atoms with Crippen LogP contribution in [0.5, 0.6) is 0 Å². The monoisotopic (exact) mass is 427 g/mol. The second-order valence-electron chi connectivity index (χ2n) is 7.48. The van der Waals surface area contributed by atoms with Crippen LogP contribution in [-0.2, 0) is 24.9 Å². The molecule has 0 radical (unpaired) electrons. The van der Waals surface area contributed by atoms with E-state index in [-0.39, 0.29) is 23.0 Å². The lowest BCUT2D eigenvalue weighted by atomic mass is 10.2. The van der Waals surface area contributed by atoms with Crippen molar-refractivity contribution >= 4 is 28.7 Å². The molecular formula is C21H25N5O3S. The normalized spacial score (nSPS) is 11.2. The molecule has 1 amide bonds. The summed E-state index contributed by atoms with van der Waals surface area (Å²) in [6.07, 6.45) is 0. The molecule has 0 saturated heterocycles. The molecule has 3 aromatic rings. The Bertz CT molecular complexity index is 1190. The number of carbonyl (C=O) groups excluding carboxylic acids is 1. The first kappa shape index (κ1) is 21.8. The summed E-state index contributed by atoms with van der Waals surface area (Å²) in [6.45, 7) is 6.55. The molecule has 0 atom stereocenters. The third-order valence-corrected chi connectivity index (χ3v) is 5.46. The van der Waals surface area contributed by atoms with Crippen molar-refractivity contribution < 1.29 is 4.79 Å². The van der Waals surface area contributed by atoms with Gasteiger partial charge < -0.3 is 5.32 Å². The number of aryl methyl sites for hydroxylation is 1. The fourth-order valence-corrected chi connectivity index (χ4v) is 3.95.